The summed E-state index contributed by atoms with van der Waals surface area (Å²) in [5, 5.41) is 11.9. The maximum Gasteiger partial charge on any atom is 0.250 e. The molecule has 0 spiro atoms. The van der Waals surface area contributed by atoms with Crippen molar-refractivity contribution >= 4 is 58.1 Å². The number of amides is 1. The number of hydrogen-bond donors (Lipinski definition) is 3. The number of hydrogen-bond acceptors (Lipinski definition) is 5. The van der Waals surface area contributed by atoms with Crippen molar-refractivity contribution in [3.8, 4) is 0 Å². The lowest BCUT2D eigenvalue weighted by Gasteiger charge is -1.98. The summed E-state index contributed by atoms with van der Waals surface area (Å²) in [7, 11) is 0. The van der Waals surface area contributed by atoms with Gasteiger partial charge in [-0.3, -0.25) is 4.79 Å². The Morgan fingerprint density at radius 3 is 1.78 bits per heavy atom. The minimum Gasteiger partial charge on any atom is -0.409 e. The van der Waals surface area contributed by atoms with E-state index < -0.39 is 5.91 Å². The van der Waals surface area contributed by atoms with Crippen molar-refractivity contribution < 1.29 is 10.0 Å². The summed E-state index contributed by atoms with van der Waals surface area (Å²) in [6, 6.07) is 2.84. The summed E-state index contributed by atoms with van der Waals surface area (Å²) >= 11 is 22.2. The van der Waals surface area contributed by atoms with Crippen LogP contribution in [0.15, 0.2) is 29.7 Å². The molecule has 7 nitrogen and oxygen atoms in total. The Hall–Kier alpha value is -1.80. The molecule has 0 aliphatic rings. The molecular weight excluding hydrogens is 388 g/mol. The average Bonchev–Trinajstić information content (AvgIpc) is 2.52. The molecule has 11 heteroatoms. The Morgan fingerprint density at radius 2 is 1.39 bits per heavy atom. The largest absolute Gasteiger partial charge is 0.409 e. The molecule has 5 N–H and O–H groups in total. The van der Waals surface area contributed by atoms with Crippen molar-refractivity contribution in [2.75, 3.05) is 0 Å². The zero-order valence-electron chi connectivity index (χ0n) is 11.2. The summed E-state index contributed by atoms with van der Waals surface area (Å²) in [5.74, 6) is -0.628. The van der Waals surface area contributed by atoms with Gasteiger partial charge < -0.3 is 16.7 Å². The summed E-state index contributed by atoms with van der Waals surface area (Å²) in [5.41, 5.74) is 10.9. The van der Waals surface area contributed by atoms with Gasteiger partial charge in [0.2, 0.25) is 5.91 Å². The monoisotopic (exact) mass is 395 g/mol. The second kappa shape index (κ2) is 8.73. The van der Waals surface area contributed by atoms with E-state index in [1.807, 2.05) is 0 Å². The Bertz CT molecular complexity index is 754. The maximum absolute atomic E-state index is 10.5. The number of nitrogens with two attached hydrogens (primary N) is 2. The predicted octanol–water partition coefficient (Wildman–Crippen LogP) is 2.97. The summed E-state index contributed by atoms with van der Waals surface area (Å²) < 4.78 is 0. The highest BCUT2D eigenvalue weighted by molar-refractivity contribution is 6.41. The number of pyridine rings is 2. The zero-order valence-corrected chi connectivity index (χ0v) is 14.2. The van der Waals surface area contributed by atoms with Crippen molar-refractivity contribution in [2.45, 2.75) is 0 Å². The highest BCUT2D eigenvalue weighted by atomic mass is 35.5. The lowest BCUT2D eigenvalue weighted by Crippen LogP contribution is -2.13. The number of oxime groups is 1. The number of aromatic nitrogens is 2. The first-order chi connectivity index (χ1) is 10.8. The molecule has 122 valence electrons. The smallest absolute Gasteiger partial charge is 0.250 e. The van der Waals surface area contributed by atoms with Gasteiger partial charge in [-0.05, 0) is 12.1 Å². The van der Waals surface area contributed by atoms with Crippen LogP contribution in [0.1, 0.15) is 15.9 Å². The normalized spacial score (nSPS) is 10.7. The summed E-state index contributed by atoms with van der Waals surface area (Å²) in [6.45, 7) is 0. The highest BCUT2D eigenvalue weighted by Gasteiger charge is 2.04. The number of nitrogens with zero attached hydrogens (tertiary/aromatic N) is 3. The SMILES string of the molecule is N/C(=N\O)c1cnc(Cl)c(Cl)c1.NC(=O)c1cnc(Cl)c(Cl)c1. The first kappa shape index (κ1) is 19.2. The fourth-order valence-corrected chi connectivity index (χ4v) is 1.71. The molecule has 2 rings (SSSR count). The molecule has 0 aliphatic heterocycles. The van der Waals surface area contributed by atoms with Crippen LogP contribution in [0.25, 0.3) is 0 Å². The van der Waals surface area contributed by atoms with Crippen LogP contribution in [-0.2, 0) is 0 Å². The van der Waals surface area contributed by atoms with Gasteiger partial charge in [0, 0.05) is 18.0 Å². The third-order valence-corrected chi connectivity index (χ3v) is 3.65. The van der Waals surface area contributed by atoms with Gasteiger partial charge in [0.05, 0.1) is 15.6 Å². The molecule has 0 bridgehead atoms. The van der Waals surface area contributed by atoms with E-state index in [9.17, 15) is 4.79 Å². The lowest BCUT2D eigenvalue weighted by atomic mass is 10.3. The minimum absolute atomic E-state index is 0.0546. The Labute approximate surface area is 150 Å². The quantitative estimate of drug-likeness (QED) is 0.236. The van der Waals surface area contributed by atoms with Gasteiger partial charge in [0.1, 0.15) is 10.3 Å². The summed E-state index contributed by atoms with van der Waals surface area (Å²) in [4.78, 5) is 17.9. The molecule has 0 unspecified atom stereocenters. The molecule has 0 saturated carbocycles. The molecule has 2 heterocycles. The van der Waals surface area contributed by atoms with Crippen LogP contribution in [0.3, 0.4) is 0 Å². The molecule has 0 aliphatic carbocycles. The summed E-state index contributed by atoms with van der Waals surface area (Å²) in [6.07, 6.45) is 2.64. The predicted molar refractivity (Wildman–Crippen MR) is 89.5 cm³/mol. The number of primary amides is 1. The first-order valence-corrected chi connectivity index (χ1v) is 7.17. The zero-order chi connectivity index (χ0) is 17.6. The molecule has 0 fully saturated rings. The molecule has 0 saturated heterocycles. The number of amidine groups is 1. The Balaban J connectivity index is 0.000000231. The molecule has 23 heavy (non-hydrogen) atoms. The van der Waals surface area contributed by atoms with Crippen molar-refractivity contribution in [3.63, 3.8) is 0 Å². The van der Waals surface area contributed by atoms with E-state index >= 15 is 0 Å². The van der Waals surface area contributed by atoms with E-state index in [1.165, 1.54) is 24.5 Å². The van der Waals surface area contributed by atoms with Gasteiger partial charge in [-0.25, -0.2) is 9.97 Å². The highest BCUT2D eigenvalue weighted by Crippen LogP contribution is 2.20. The van der Waals surface area contributed by atoms with Gasteiger partial charge in [-0.1, -0.05) is 51.6 Å². The average molecular weight is 397 g/mol. The Kier molecular flexibility index (Phi) is 7.31. The van der Waals surface area contributed by atoms with Crippen LogP contribution in [0.5, 0.6) is 0 Å². The van der Waals surface area contributed by atoms with Gasteiger partial charge in [0.25, 0.3) is 0 Å². The maximum atomic E-state index is 10.5. The molecule has 0 radical (unpaired) electrons. The van der Waals surface area contributed by atoms with E-state index in [0.717, 1.165) is 0 Å². The van der Waals surface area contributed by atoms with Crippen LogP contribution >= 0.6 is 46.4 Å². The van der Waals surface area contributed by atoms with E-state index in [4.69, 9.17) is 63.1 Å². The van der Waals surface area contributed by atoms with Gasteiger partial charge in [-0.15, -0.1) is 0 Å². The van der Waals surface area contributed by atoms with Gasteiger partial charge >= 0.3 is 0 Å². The van der Waals surface area contributed by atoms with Crippen LogP contribution in [0.4, 0.5) is 0 Å². The van der Waals surface area contributed by atoms with Crippen molar-refractivity contribution in [2.24, 2.45) is 16.6 Å². The fraction of sp³-hybridized carbons (Fsp3) is 0. The molecular formula is C12H9Cl4N5O2. The van der Waals surface area contributed by atoms with Crippen LogP contribution in [-0.4, -0.2) is 26.9 Å². The van der Waals surface area contributed by atoms with E-state index in [-0.39, 0.29) is 31.8 Å². The number of halogens is 4. The van der Waals surface area contributed by atoms with Crippen LogP contribution < -0.4 is 11.5 Å². The van der Waals surface area contributed by atoms with Crippen molar-refractivity contribution in [3.05, 3.63) is 56.0 Å². The van der Waals surface area contributed by atoms with Crippen LogP contribution in [0.2, 0.25) is 20.4 Å². The lowest BCUT2D eigenvalue weighted by molar-refractivity contribution is 0.1000. The molecule has 2 aromatic rings. The third kappa shape index (κ3) is 5.72. The third-order valence-electron chi connectivity index (χ3n) is 2.28. The number of rotatable bonds is 2. The Morgan fingerprint density at radius 1 is 0.957 bits per heavy atom. The number of carbonyl (C=O) groups excluding carboxylic acids is 1. The standard InChI is InChI=1S/C6H5Cl2N3O.C6H4Cl2N2O/c7-4-1-3(6(9)11-12)2-10-5(4)8;7-4-1-3(6(9)11)2-10-5(4)8/h1-2,12H,(H2,9,11);1-2H,(H2,9,11). The molecule has 1 amide bonds. The molecule has 0 aromatic carbocycles. The molecule has 0 atom stereocenters. The minimum atomic E-state index is -0.573. The van der Waals surface area contributed by atoms with E-state index in [2.05, 4.69) is 15.1 Å². The molecule has 2 aromatic heterocycles. The van der Waals surface area contributed by atoms with Crippen molar-refractivity contribution in [1.29, 1.82) is 0 Å². The number of carbonyl (C=O) groups is 1. The van der Waals surface area contributed by atoms with Gasteiger partial charge in [-0.2, -0.15) is 0 Å². The van der Waals surface area contributed by atoms with Gasteiger partial charge in [0.15, 0.2) is 5.84 Å². The first-order valence-electron chi connectivity index (χ1n) is 5.66. The second-order valence-corrected chi connectivity index (χ2v) is 5.37. The van der Waals surface area contributed by atoms with Crippen molar-refractivity contribution in [1.82, 2.24) is 9.97 Å². The van der Waals surface area contributed by atoms with E-state index in [1.54, 1.807) is 0 Å². The second-order valence-electron chi connectivity index (χ2n) is 3.84. The fourth-order valence-electron chi connectivity index (χ4n) is 1.18. The van der Waals surface area contributed by atoms with Crippen LogP contribution in [0, 0.1) is 0 Å². The van der Waals surface area contributed by atoms with E-state index in [0.29, 0.717) is 5.56 Å². The topological polar surface area (TPSA) is 127 Å².